The molecule has 0 saturated heterocycles. The molecule has 6 heteroatoms. The van der Waals surface area contributed by atoms with Crippen LogP contribution >= 0.6 is 31.9 Å². The second kappa shape index (κ2) is 7.22. The van der Waals surface area contributed by atoms with E-state index in [-0.39, 0.29) is 0 Å². The molecule has 0 unspecified atom stereocenters. The van der Waals surface area contributed by atoms with Gasteiger partial charge in [0, 0.05) is 20.2 Å². The highest BCUT2D eigenvalue weighted by molar-refractivity contribution is 9.11. The van der Waals surface area contributed by atoms with Crippen molar-refractivity contribution >= 4 is 39.9 Å². The van der Waals surface area contributed by atoms with Crippen molar-refractivity contribution in [2.24, 2.45) is 0 Å². The second-order valence-corrected chi connectivity index (χ2v) is 13.2. The van der Waals surface area contributed by atoms with Crippen molar-refractivity contribution in [3.05, 3.63) is 39.7 Å². The molecule has 2 aromatic rings. The maximum absolute atomic E-state index is 5.80. The molecule has 0 atom stereocenters. The molecule has 0 fully saturated rings. The summed E-state index contributed by atoms with van der Waals surface area (Å²) in [6.07, 6.45) is 0. The molecular weight excluding hydrogens is 412 g/mol. The average molecular weight is 432 g/mol. The standard InChI is InChI=1S/C15H20Br2N2OSi/c1-21(2,3)10-9-20-11-19-14(16)13(18-15(19)17)12-7-5-4-6-8-12/h4-8H,9-11H2,1-3H3. The van der Waals surface area contributed by atoms with E-state index >= 15 is 0 Å². The summed E-state index contributed by atoms with van der Waals surface area (Å²) in [5.41, 5.74) is 2.02. The first-order chi connectivity index (χ1) is 9.88. The summed E-state index contributed by atoms with van der Waals surface area (Å²) in [7, 11) is -1.04. The molecule has 0 N–H and O–H groups in total. The molecule has 1 aromatic carbocycles. The Morgan fingerprint density at radius 3 is 2.43 bits per heavy atom. The number of halogens is 2. The summed E-state index contributed by atoms with van der Waals surface area (Å²) < 4.78 is 9.51. The number of hydrogen-bond acceptors (Lipinski definition) is 2. The zero-order valence-electron chi connectivity index (χ0n) is 12.6. The molecule has 1 heterocycles. The zero-order valence-corrected chi connectivity index (χ0v) is 16.7. The Hall–Kier alpha value is -0.433. The SMILES string of the molecule is C[Si](C)(C)CCOCn1c(Br)nc(-c2ccccc2)c1Br. The highest BCUT2D eigenvalue weighted by Crippen LogP contribution is 2.30. The van der Waals surface area contributed by atoms with Crippen LogP contribution in [0.3, 0.4) is 0 Å². The fraction of sp³-hybridized carbons (Fsp3) is 0.400. The maximum Gasteiger partial charge on any atom is 0.180 e. The van der Waals surface area contributed by atoms with Crippen LogP contribution in [0.2, 0.25) is 25.7 Å². The van der Waals surface area contributed by atoms with Gasteiger partial charge in [0.15, 0.2) is 4.73 Å². The first-order valence-electron chi connectivity index (χ1n) is 6.93. The number of imidazole rings is 1. The quantitative estimate of drug-likeness (QED) is 0.452. The van der Waals surface area contributed by atoms with Crippen molar-refractivity contribution in [1.29, 1.82) is 0 Å². The van der Waals surface area contributed by atoms with Crippen LogP contribution in [0, 0.1) is 0 Å². The van der Waals surface area contributed by atoms with Crippen LogP contribution in [-0.4, -0.2) is 24.2 Å². The van der Waals surface area contributed by atoms with Gasteiger partial charge in [0.05, 0.1) is 0 Å². The Kier molecular flexibility index (Phi) is 5.82. The molecule has 0 aliphatic heterocycles. The molecule has 0 aliphatic rings. The van der Waals surface area contributed by atoms with Crippen LogP contribution in [0.4, 0.5) is 0 Å². The summed E-state index contributed by atoms with van der Waals surface area (Å²) in [4.78, 5) is 4.57. The van der Waals surface area contributed by atoms with Crippen LogP contribution < -0.4 is 0 Å². The lowest BCUT2D eigenvalue weighted by atomic mass is 10.2. The number of hydrogen-bond donors (Lipinski definition) is 0. The van der Waals surface area contributed by atoms with Gasteiger partial charge in [0.1, 0.15) is 17.0 Å². The highest BCUT2D eigenvalue weighted by Gasteiger charge is 2.16. The zero-order chi connectivity index (χ0) is 15.5. The first-order valence-corrected chi connectivity index (χ1v) is 12.2. The van der Waals surface area contributed by atoms with Crippen molar-refractivity contribution in [1.82, 2.24) is 9.55 Å². The van der Waals surface area contributed by atoms with Gasteiger partial charge >= 0.3 is 0 Å². The van der Waals surface area contributed by atoms with Crippen LogP contribution in [0.25, 0.3) is 11.3 Å². The predicted molar refractivity (Wildman–Crippen MR) is 97.2 cm³/mol. The molecule has 2 rings (SSSR count). The Labute approximate surface area is 144 Å². The van der Waals surface area contributed by atoms with E-state index < -0.39 is 8.07 Å². The van der Waals surface area contributed by atoms with E-state index in [0.717, 1.165) is 27.2 Å². The molecule has 0 saturated carbocycles. The van der Waals surface area contributed by atoms with Gasteiger partial charge < -0.3 is 4.74 Å². The summed E-state index contributed by atoms with van der Waals surface area (Å²) in [5, 5.41) is 0. The van der Waals surface area contributed by atoms with Gasteiger partial charge in [0.25, 0.3) is 0 Å². The Morgan fingerprint density at radius 1 is 1.14 bits per heavy atom. The summed E-state index contributed by atoms with van der Waals surface area (Å²) in [6, 6.07) is 11.3. The third kappa shape index (κ3) is 4.77. The van der Waals surface area contributed by atoms with Crippen molar-refractivity contribution in [2.75, 3.05) is 6.61 Å². The van der Waals surface area contributed by atoms with Gasteiger partial charge in [-0.25, -0.2) is 4.98 Å². The van der Waals surface area contributed by atoms with Crippen molar-refractivity contribution < 1.29 is 4.74 Å². The van der Waals surface area contributed by atoms with Crippen molar-refractivity contribution in [2.45, 2.75) is 32.4 Å². The number of aromatic nitrogens is 2. The maximum atomic E-state index is 5.80. The van der Waals surface area contributed by atoms with Crippen molar-refractivity contribution in [3.8, 4) is 11.3 Å². The summed E-state index contributed by atoms with van der Waals surface area (Å²) in [5.74, 6) is 0. The third-order valence-corrected chi connectivity index (χ3v) is 6.24. The highest BCUT2D eigenvalue weighted by atomic mass is 79.9. The van der Waals surface area contributed by atoms with Crippen LogP contribution in [0.15, 0.2) is 39.7 Å². The third-order valence-electron chi connectivity index (χ3n) is 3.12. The lowest BCUT2D eigenvalue weighted by Crippen LogP contribution is -2.22. The Bertz CT molecular complexity index is 594. The molecule has 0 bridgehead atoms. The van der Waals surface area contributed by atoms with Crippen molar-refractivity contribution in [3.63, 3.8) is 0 Å². The van der Waals surface area contributed by atoms with Gasteiger partial charge in [-0.15, -0.1) is 0 Å². The number of ether oxygens (including phenoxy) is 1. The van der Waals surface area contributed by atoms with E-state index in [1.54, 1.807) is 0 Å². The minimum atomic E-state index is -1.04. The van der Waals surface area contributed by atoms with Crippen LogP contribution in [0.1, 0.15) is 0 Å². The average Bonchev–Trinajstić information content (AvgIpc) is 2.71. The Morgan fingerprint density at radius 2 is 1.81 bits per heavy atom. The van der Waals surface area contributed by atoms with Gasteiger partial charge in [-0.05, 0) is 37.9 Å². The minimum Gasteiger partial charge on any atom is -0.361 e. The molecule has 3 nitrogen and oxygen atoms in total. The molecule has 0 amide bonds. The lowest BCUT2D eigenvalue weighted by Gasteiger charge is -2.15. The van der Waals surface area contributed by atoms with Crippen LogP contribution in [-0.2, 0) is 11.5 Å². The largest absolute Gasteiger partial charge is 0.361 e. The normalized spacial score (nSPS) is 11.9. The van der Waals surface area contributed by atoms with E-state index in [9.17, 15) is 0 Å². The van der Waals surface area contributed by atoms with E-state index in [4.69, 9.17) is 4.74 Å². The minimum absolute atomic E-state index is 0.505. The van der Waals surface area contributed by atoms with Gasteiger partial charge in [-0.2, -0.15) is 0 Å². The van der Waals surface area contributed by atoms with Gasteiger partial charge in [0.2, 0.25) is 0 Å². The molecule has 1 aromatic heterocycles. The molecule has 114 valence electrons. The Balaban J connectivity index is 2.06. The van der Waals surface area contributed by atoms with E-state index in [0.29, 0.717) is 6.73 Å². The van der Waals surface area contributed by atoms with E-state index in [1.807, 2.05) is 22.8 Å². The number of nitrogens with zero attached hydrogens (tertiary/aromatic N) is 2. The molecule has 0 aliphatic carbocycles. The van der Waals surface area contributed by atoms with E-state index in [1.165, 1.54) is 6.04 Å². The topological polar surface area (TPSA) is 27.1 Å². The predicted octanol–water partition coefficient (Wildman–Crippen LogP) is 5.39. The molecule has 21 heavy (non-hydrogen) atoms. The molecule has 0 spiro atoms. The number of rotatable bonds is 6. The molecular formula is C15H20Br2N2OSi. The first kappa shape index (κ1) is 16.9. The van der Waals surface area contributed by atoms with Gasteiger partial charge in [-0.3, -0.25) is 4.57 Å². The van der Waals surface area contributed by atoms with Crippen LogP contribution in [0.5, 0.6) is 0 Å². The second-order valence-electron chi connectivity index (χ2n) is 6.16. The fourth-order valence-electron chi connectivity index (χ4n) is 1.83. The monoisotopic (exact) mass is 430 g/mol. The van der Waals surface area contributed by atoms with E-state index in [2.05, 4.69) is 68.6 Å². The smallest absolute Gasteiger partial charge is 0.180 e. The fourth-order valence-corrected chi connectivity index (χ4v) is 3.87. The van der Waals surface area contributed by atoms with Gasteiger partial charge in [-0.1, -0.05) is 50.0 Å². The number of benzene rings is 1. The summed E-state index contributed by atoms with van der Waals surface area (Å²) in [6.45, 7) is 8.37. The molecule has 0 radical (unpaired) electrons. The lowest BCUT2D eigenvalue weighted by molar-refractivity contribution is 0.0842. The summed E-state index contributed by atoms with van der Waals surface area (Å²) >= 11 is 7.14.